The molecule has 0 aliphatic heterocycles. The summed E-state index contributed by atoms with van der Waals surface area (Å²) in [5, 5.41) is 13.8. The first-order valence-electron chi connectivity index (χ1n) is 8.99. The molecule has 1 aromatic carbocycles. The summed E-state index contributed by atoms with van der Waals surface area (Å²) in [4.78, 5) is 15.7. The van der Waals surface area contributed by atoms with E-state index in [1.807, 2.05) is 6.92 Å². The van der Waals surface area contributed by atoms with Crippen molar-refractivity contribution in [3.05, 3.63) is 30.2 Å². The predicted molar refractivity (Wildman–Crippen MR) is 108 cm³/mol. The van der Waals surface area contributed by atoms with Crippen LogP contribution in [0.1, 0.15) is 26.2 Å². The molecule has 13 heteroatoms. The van der Waals surface area contributed by atoms with Crippen LogP contribution in [0.3, 0.4) is 0 Å². The fraction of sp³-hybridized carbons (Fsp3) is 0.353. The van der Waals surface area contributed by atoms with E-state index in [1.54, 1.807) is 31.2 Å². The minimum atomic E-state index is -3.94. The molecule has 0 spiro atoms. The summed E-state index contributed by atoms with van der Waals surface area (Å²) in [6.07, 6.45) is 0.245. The van der Waals surface area contributed by atoms with Crippen molar-refractivity contribution in [2.75, 3.05) is 19.0 Å². The van der Waals surface area contributed by atoms with Crippen LogP contribution in [0, 0.1) is 0 Å². The molecule has 0 aliphatic rings. The Hall–Kier alpha value is -2.90. The lowest BCUT2D eigenvalue weighted by atomic mass is 10.2. The number of hydrogen-bond acceptors (Lipinski definition) is 10. The molecule has 30 heavy (non-hydrogen) atoms. The zero-order valence-electron chi connectivity index (χ0n) is 16.5. The van der Waals surface area contributed by atoms with Gasteiger partial charge in [-0.3, -0.25) is 4.79 Å². The lowest BCUT2D eigenvalue weighted by molar-refractivity contribution is -0.115. The summed E-state index contributed by atoms with van der Waals surface area (Å²) in [7, 11) is -2.58. The van der Waals surface area contributed by atoms with Gasteiger partial charge in [0.15, 0.2) is 0 Å². The molecule has 160 valence electrons. The third kappa shape index (κ3) is 4.98. The number of nitrogens with one attached hydrogen (secondary N) is 1. The van der Waals surface area contributed by atoms with Crippen LogP contribution >= 0.6 is 11.3 Å². The zero-order valence-corrected chi connectivity index (χ0v) is 18.2. The number of anilines is 1. The van der Waals surface area contributed by atoms with Crippen molar-refractivity contribution in [2.24, 2.45) is 0 Å². The van der Waals surface area contributed by atoms with Crippen molar-refractivity contribution in [1.82, 2.24) is 24.6 Å². The standard InChI is InChI=1S/C17H20N6O5S2/c1-4-13(24)18-16-20-21-17(29-16)30(25,26)23(3)10-14-19-15(22-28-14)11-6-8-12(9-7-11)27-5-2/h6-9H,4-5,10H2,1-3H3,(H,18,20,24). The highest BCUT2D eigenvalue weighted by Gasteiger charge is 2.27. The Labute approximate surface area is 177 Å². The third-order valence-electron chi connectivity index (χ3n) is 3.85. The molecule has 0 fully saturated rings. The van der Waals surface area contributed by atoms with E-state index in [9.17, 15) is 13.2 Å². The number of carbonyl (C=O) groups excluding carboxylic acids is 1. The topological polar surface area (TPSA) is 140 Å². The van der Waals surface area contributed by atoms with Crippen LogP contribution in [0.5, 0.6) is 5.75 Å². The SMILES string of the molecule is CCOc1ccc(-c2noc(CN(C)S(=O)(=O)c3nnc(NC(=O)CC)s3)n2)cc1. The van der Waals surface area contributed by atoms with Crippen molar-refractivity contribution < 1.29 is 22.5 Å². The predicted octanol–water partition coefficient (Wildman–Crippen LogP) is 2.16. The molecular formula is C17H20N6O5S2. The van der Waals surface area contributed by atoms with Crippen LogP contribution in [-0.4, -0.2) is 52.6 Å². The Morgan fingerprint density at radius 3 is 2.63 bits per heavy atom. The summed E-state index contributed by atoms with van der Waals surface area (Å²) < 4.78 is 36.7. The van der Waals surface area contributed by atoms with E-state index in [4.69, 9.17) is 9.26 Å². The van der Waals surface area contributed by atoms with E-state index < -0.39 is 10.0 Å². The van der Waals surface area contributed by atoms with Gasteiger partial charge >= 0.3 is 0 Å². The molecule has 0 saturated heterocycles. The quantitative estimate of drug-likeness (QED) is 0.483. The van der Waals surface area contributed by atoms with Crippen LogP contribution < -0.4 is 10.1 Å². The van der Waals surface area contributed by atoms with E-state index in [0.29, 0.717) is 18.0 Å². The van der Waals surface area contributed by atoms with E-state index in [0.717, 1.165) is 21.4 Å². The molecule has 0 saturated carbocycles. The Kier molecular flexibility index (Phi) is 6.74. The van der Waals surface area contributed by atoms with Crippen LogP contribution in [-0.2, 0) is 21.4 Å². The third-order valence-corrected chi connectivity index (χ3v) is 6.84. The second kappa shape index (κ2) is 9.28. The minimum Gasteiger partial charge on any atom is -0.494 e. The largest absolute Gasteiger partial charge is 0.494 e. The van der Waals surface area contributed by atoms with E-state index in [-0.39, 0.29) is 34.2 Å². The van der Waals surface area contributed by atoms with Gasteiger partial charge in [0, 0.05) is 19.0 Å². The number of aromatic nitrogens is 4. The van der Waals surface area contributed by atoms with Gasteiger partial charge in [0.25, 0.3) is 10.0 Å². The average molecular weight is 453 g/mol. The van der Waals surface area contributed by atoms with Crippen LogP contribution in [0.2, 0.25) is 0 Å². The molecule has 1 amide bonds. The molecular weight excluding hydrogens is 432 g/mol. The number of sulfonamides is 1. The fourth-order valence-electron chi connectivity index (χ4n) is 2.28. The van der Waals surface area contributed by atoms with Gasteiger partial charge in [-0.25, -0.2) is 8.42 Å². The Balaban J connectivity index is 1.69. The van der Waals surface area contributed by atoms with Crippen molar-refractivity contribution in [1.29, 1.82) is 0 Å². The minimum absolute atomic E-state index is 0.115. The number of carbonyl (C=O) groups is 1. The summed E-state index contributed by atoms with van der Waals surface area (Å²) >= 11 is 0.767. The number of hydrogen-bond donors (Lipinski definition) is 1. The summed E-state index contributed by atoms with van der Waals surface area (Å²) in [5.74, 6) is 0.895. The maximum Gasteiger partial charge on any atom is 0.272 e. The molecule has 0 radical (unpaired) electrons. The van der Waals surface area contributed by atoms with Crippen LogP contribution in [0.25, 0.3) is 11.4 Å². The van der Waals surface area contributed by atoms with Gasteiger partial charge in [-0.15, -0.1) is 10.2 Å². The highest BCUT2D eigenvalue weighted by molar-refractivity contribution is 7.91. The summed E-state index contributed by atoms with van der Waals surface area (Å²) in [5.41, 5.74) is 0.708. The van der Waals surface area contributed by atoms with Crippen molar-refractivity contribution >= 4 is 32.4 Å². The first kappa shape index (κ1) is 21.8. The summed E-state index contributed by atoms with van der Waals surface area (Å²) in [6.45, 7) is 3.98. The van der Waals surface area contributed by atoms with E-state index >= 15 is 0 Å². The van der Waals surface area contributed by atoms with Gasteiger partial charge < -0.3 is 14.6 Å². The first-order valence-corrected chi connectivity index (χ1v) is 11.2. The second-order valence-electron chi connectivity index (χ2n) is 6.01. The number of amides is 1. The normalized spacial score (nSPS) is 11.6. The summed E-state index contributed by atoms with van der Waals surface area (Å²) in [6, 6.07) is 7.15. The van der Waals surface area contributed by atoms with E-state index in [2.05, 4.69) is 25.7 Å². The van der Waals surface area contributed by atoms with Crippen molar-refractivity contribution in [3.8, 4) is 17.1 Å². The van der Waals surface area contributed by atoms with Gasteiger partial charge in [-0.1, -0.05) is 23.4 Å². The van der Waals surface area contributed by atoms with Gasteiger partial charge in [0.05, 0.1) is 13.2 Å². The van der Waals surface area contributed by atoms with Crippen molar-refractivity contribution in [2.45, 2.75) is 31.2 Å². The number of ether oxygens (including phenoxy) is 1. The van der Waals surface area contributed by atoms with E-state index in [1.165, 1.54) is 7.05 Å². The smallest absolute Gasteiger partial charge is 0.272 e. The average Bonchev–Trinajstić information content (AvgIpc) is 3.39. The number of rotatable bonds is 9. The molecule has 11 nitrogen and oxygen atoms in total. The van der Waals surface area contributed by atoms with Gasteiger partial charge in [-0.2, -0.15) is 9.29 Å². The lowest BCUT2D eigenvalue weighted by Gasteiger charge is -2.11. The fourth-order valence-corrected chi connectivity index (χ4v) is 4.51. The molecule has 1 N–H and O–H groups in total. The van der Waals surface area contributed by atoms with Gasteiger partial charge in [0.2, 0.25) is 27.1 Å². The number of nitrogens with zero attached hydrogens (tertiary/aromatic N) is 5. The monoisotopic (exact) mass is 452 g/mol. The first-order chi connectivity index (χ1) is 14.3. The molecule has 0 aliphatic carbocycles. The molecule has 2 heterocycles. The Morgan fingerprint density at radius 1 is 1.23 bits per heavy atom. The lowest BCUT2D eigenvalue weighted by Crippen LogP contribution is -2.26. The molecule has 0 bridgehead atoms. The van der Waals surface area contributed by atoms with Gasteiger partial charge in [0.1, 0.15) is 5.75 Å². The zero-order chi connectivity index (χ0) is 21.7. The Bertz CT molecular complexity index is 1110. The Morgan fingerprint density at radius 2 is 1.97 bits per heavy atom. The molecule has 0 atom stereocenters. The van der Waals surface area contributed by atoms with Crippen molar-refractivity contribution in [3.63, 3.8) is 0 Å². The second-order valence-corrected chi connectivity index (χ2v) is 9.20. The molecule has 2 aromatic heterocycles. The molecule has 3 rings (SSSR count). The van der Waals surface area contributed by atoms with Crippen LogP contribution in [0.4, 0.5) is 5.13 Å². The molecule has 0 unspecified atom stereocenters. The maximum absolute atomic E-state index is 12.7. The highest BCUT2D eigenvalue weighted by Crippen LogP contribution is 2.24. The molecule has 3 aromatic rings. The van der Waals surface area contributed by atoms with Crippen LogP contribution in [0.15, 0.2) is 33.1 Å². The maximum atomic E-state index is 12.7. The highest BCUT2D eigenvalue weighted by atomic mass is 32.2. The number of benzene rings is 1. The van der Waals surface area contributed by atoms with Gasteiger partial charge in [-0.05, 0) is 31.2 Å².